The Kier molecular flexibility index (Phi) is 6.77. The zero-order chi connectivity index (χ0) is 19.5. The van der Waals surface area contributed by atoms with E-state index < -0.39 is 0 Å². The highest BCUT2D eigenvalue weighted by Crippen LogP contribution is 2.30. The molecule has 3 N–H and O–H groups in total. The van der Waals surface area contributed by atoms with Crippen LogP contribution in [0.2, 0.25) is 0 Å². The lowest BCUT2D eigenvalue weighted by atomic mass is 10.1. The second-order valence-electron chi connectivity index (χ2n) is 7.57. The van der Waals surface area contributed by atoms with Crippen LogP contribution in [0.5, 0.6) is 0 Å². The van der Waals surface area contributed by atoms with Gasteiger partial charge >= 0.3 is 6.03 Å². The van der Waals surface area contributed by atoms with Crippen molar-refractivity contribution in [3.05, 3.63) is 59.7 Å². The van der Waals surface area contributed by atoms with Gasteiger partial charge in [-0.05, 0) is 62.6 Å². The molecule has 29 heavy (non-hydrogen) atoms. The van der Waals surface area contributed by atoms with Gasteiger partial charge in [0, 0.05) is 35.6 Å². The van der Waals surface area contributed by atoms with E-state index in [-0.39, 0.29) is 30.4 Å². The van der Waals surface area contributed by atoms with Gasteiger partial charge in [-0.2, -0.15) is 0 Å². The number of fused-ring (bicyclic) bond motifs is 2. The van der Waals surface area contributed by atoms with Crippen molar-refractivity contribution in [2.75, 3.05) is 23.7 Å². The number of benzene rings is 2. The molecule has 2 saturated heterocycles. The number of anilines is 2. The summed E-state index contributed by atoms with van der Waals surface area (Å²) in [5.74, 6) is 0.0581. The molecular formula is C22H27ClN4O2. The maximum absolute atomic E-state index is 13.2. The number of carbonyl (C=O) groups is 2. The summed E-state index contributed by atoms with van der Waals surface area (Å²) in [7, 11) is 0. The molecule has 2 atom stereocenters. The Labute approximate surface area is 177 Å². The van der Waals surface area contributed by atoms with Crippen molar-refractivity contribution >= 4 is 35.7 Å². The molecule has 3 amide bonds. The van der Waals surface area contributed by atoms with Crippen LogP contribution in [-0.2, 0) is 0 Å². The molecule has 2 fully saturated rings. The van der Waals surface area contributed by atoms with E-state index >= 15 is 0 Å². The van der Waals surface area contributed by atoms with Gasteiger partial charge in [0.25, 0.3) is 5.91 Å². The molecule has 2 aliphatic rings. The Bertz CT molecular complexity index is 860. The Morgan fingerprint density at radius 3 is 2.55 bits per heavy atom. The molecule has 2 bridgehead atoms. The Morgan fingerprint density at radius 2 is 1.76 bits per heavy atom. The number of nitrogens with one attached hydrogen (secondary N) is 3. The van der Waals surface area contributed by atoms with E-state index in [0.717, 1.165) is 43.6 Å². The zero-order valence-electron chi connectivity index (χ0n) is 16.5. The van der Waals surface area contributed by atoms with Gasteiger partial charge in [0.1, 0.15) is 0 Å². The molecule has 2 aromatic rings. The highest BCUT2D eigenvalue weighted by atomic mass is 35.5. The quantitative estimate of drug-likeness (QED) is 0.710. The highest BCUT2D eigenvalue weighted by Gasteiger charge is 2.38. The SMILES string of the molecule is Cc1ccc(C(=O)N2C3CCNCC2CC3)cc1NC(=O)Nc1ccccc1.Cl. The summed E-state index contributed by atoms with van der Waals surface area (Å²) in [6.07, 6.45) is 3.13. The summed E-state index contributed by atoms with van der Waals surface area (Å²) in [4.78, 5) is 27.6. The van der Waals surface area contributed by atoms with Gasteiger partial charge in [-0.25, -0.2) is 4.79 Å². The first-order chi connectivity index (χ1) is 13.6. The monoisotopic (exact) mass is 414 g/mol. The first-order valence-corrected chi connectivity index (χ1v) is 9.89. The number of amides is 3. The van der Waals surface area contributed by atoms with Crippen molar-refractivity contribution in [3.8, 4) is 0 Å². The first kappa shape index (κ1) is 21.1. The van der Waals surface area contributed by atoms with Gasteiger partial charge in [0.05, 0.1) is 0 Å². The fourth-order valence-electron chi connectivity index (χ4n) is 4.16. The molecule has 2 unspecified atom stereocenters. The zero-order valence-corrected chi connectivity index (χ0v) is 17.3. The van der Waals surface area contributed by atoms with Gasteiger partial charge < -0.3 is 20.9 Å². The number of urea groups is 1. The maximum atomic E-state index is 13.2. The molecule has 0 saturated carbocycles. The highest BCUT2D eigenvalue weighted by molar-refractivity contribution is 6.02. The van der Waals surface area contributed by atoms with Gasteiger partial charge in [0.2, 0.25) is 0 Å². The van der Waals surface area contributed by atoms with Crippen LogP contribution in [0, 0.1) is 6.92 Å². The van der Waals surface area contributed by atoms with Crippen LogP contribution in [0.1, 0.15) is 35.2 Å². The Morgan fingerprint density at radius 1 is 1.00 bits per heavy atom. The van der Waals surface area contributed by atoms with Crippen LogP contribution in [0.25, 0.3) is 0 Å². The summed E-state index contributed by atoms with van der Waals surface area (Å²) in [5, 5.41) is 9.11. The minimum Gasteiger partial charge on any atom is -0.331 e. The van der Waals surface area contributed by atoms with Gasteiger partial charge in [-0.15, -0.1) is 12.4 Å². The van der Waals surface area contributed by atoms with Crippen LogP contribution in [0.4, 0.5) is 16.2 Å². The molecule has 154 valence electrons. The molecule has 2 aromatic carbocycles. The molecule has 0 radical (unpaired) electrons. The molecule has 0 aliphatic carbocycles. The lowest BCUT2D eigenvalue weighted by molar-refractivity contribution is 0.0680. The molecule has 7 heteroatoms. The molecule has 6 nitrogen and oxygen atoms in total. The lowest BCUT2D eigenvalue weighted by Gasteiger charge is -2.28. The number of rotatable bonds is 3. The van der Waals surface area contributed by atoms with Crippen molar-refractivity contribution in [2.24, 2.45) is 0 Å². The Hall–Kier alpha value is -2.57. The van der Waals surface area contributed by atoms with Crippen molar-refractivity contribution < 1.29 is 9.59 Å². The molecule has 0 aromatic heterocycles. The molecule has 0 spiro atoms. The van der Waals surface area contributed by atoms with Crippen LogP contribution >= 0.6 is 12.4 Å². The van der Waals surface area contributed by atoms with Crippen molar-refractivity contribution in [2.45, 2.75) is 38.3 Å². The van der Waals surface area contributed by atoms with Crippen LogP contribution in [0.3, 0.4) is 0 Å². The average molecular weight is 415 g/mol. The minimum absolute atomic E-state index is 0. The third kappa shape index (κ3) is 4.71. The smallest absolute Gasteiger partial charge is 0.323 e. The predicted octanol–water partition coefficient (Wildman–Crippen LogP) is 4.03. The normalized spacial score (nSPS) is 20.4. The topological polar surface area (TPSA) is 73.5 Å². The van der Waals surface area contributed by atoms with E-state index in [2.05, 4.69) is 20.9 Å². The van der Waals surface area contributed by atoms with E-state index in [1.54, 1.807) is 6.07 Å². The molecule has 2 heterocycles. The van der Waals surface area contributed by atoms with Crippen LogP contribution in [-0.4, -0.2) is 42.0 Å². The van der Waals surface area contributed by atoms with Crippen molar-refractivity contribution in [1.82, 2.24) is 10.2 Å². The van der Waals surface area contributed by atoms with Gasteiger partial charge in [-0.3, -0.25) is 4.79 Å². The second kappa shape index (κ2) is 9.29. The summed E-state index contributed by atoms with van der Waals surface area (Å²) in [5.41, 5.74) is 2.91. The largest absolute Gasteiger partial charge is 0.331 e. The lowest BCUT2D eigenvalue weighted by Crippen LogP contribution is -2.42. The summed E-state index contributed by atoms with van der Waals surface area (Å²) >= 11 is 0. The van der Waals surface area contributed by atoms with E-state index in [1.165, 1.54) is 0 Å². The van der Waals surface area contributed by atoms with E-state index in [4.69, 9.17) is 0 Å². The first-order valence-electron chi connectivity index (χ1n) is 9.89. The maximum Gasteiger partial charge on any atom is 0.323 e. The molecular weight excluding hydrogens is 388 g/mol. The number of hydrogen-bond acceptors (Lipinski definition) is 3. The minimum atomic E-state index is -0.321. The fraction of sp³-hybridized carbons (Fsp3) is 0.364. The van der Waals surface area contributed by atoms with Crippen LogP contribution in [0.15, 0.2) is 48.5 Å². The number of para-hydroxylation sites is 1. The third-order valence-electron chi connectivity index (χ3n) is 5.65. The summed E-state index contributed by atoms with van der Waals surface area (Å²) in [6, 6.07) is 15.1. The van der Waals surface area contributed by atoms with Gasteiger partial charge in [-0.1, -0.05) is 24.3 Å². The number of carbonyl (C=O) groups excluding carboxylic acids is 2. The van der Waals surface area contributed by atoms with E-state index in [1.807, 2.05) is 49.4 Å². The number of aryl methyl sites for hydroxylation is 1. The fourth-order valence-corrected chi connectivity index (χ4v) is 4.16. The van der Waals surface area contributed by atoms with Crippen molar-refractivity contribution in [1.29, 1.82) is 0 Å². The van der Waals surface area contributed by atoms with Gasteiger partial charge in [0.15, 0.2) is 0 Å². The average Bonchev–Trinajstić information content (AvgIpc) is 2.96. The van der Waals surface area contributed by atoms with Crippen LogP contribution < -0.4 is 16.0 Å². The van der Waals surface area contributed by atoms with E-state index in [0.29, 0.717) is 17.3 Å². The third-order valence-corrected chi connectivity index (χ3v) is 5.65. The molecule has 2 aliphatic heterocycles. The number of nitrogens with zero attached hydrogens (tertiary/aromatic N) is 1. The van der Waals surface area contributed by atoms with Crippen molar-refractivity contribution in [3.63, 3.8) is 0 Å². The predicted molar refractivity (Wildman–Crippen MR) is 118 cm³/mol. The summed E-state index contributed by atoms with van der Waals surface area (Å²) in [6.45, 7) is 3.75. The Balaban J connectivity index is 0.00000240. The summed E-state index contributed by atoms with van der Waals surface area (Å²) < 4.78 is 0. The second-order valence-corrected chi connectivity index (χ2v) is 7.57. The number of halogens is 1. The standard InChI is InChI=1S/C22H26N4O2.ClH/c1-15-7-8-16(21(27)26-18-9-10-19(26)14-23-12-11-18)13-20(15)25-22(28)24-17-5-3-2-4-6-17;/h2-8,13,18-19,23H,9-12,14H2,1H3,(H2,24,25,28);1H. The van der Waals surface area contributed by atoms with E-state index in [9.17, 15) is 9.59 Å². The molecule has 4 rings (SSSR count). The number of hydrogen-bond donors (Lipinski definition) is 3.